The lowest BCUT2D eigenvalue weighted by Crippen LogP contribution is -2.38. The number of likely N-dealkylation sites (tertiary alicyclic amines) is 1. The van der Waals surface area contributed by atoms with Crippen molar-refractivity contribution in [2.75, 3.05) is 19.6 Å². The Morgan fingerprint density at radius 2 is 2.00 bits per heavy atom. The average Bonchev–Trinajstić information content (AvgIpc) is 3.37. The van der Waals surface area contributed by atoms with Crippen molar-refractivity contribution in [3.8, 4) is 11.4 Å². The summed E-state index contributed by atoms with van der Waals surface area (Å²) in [6.45, 7) is 5.19. The van der Waals surface area contributed by atoms with Crippen molar-refractivity contribution in [2.45, 2.75) is 26.7 Å². The zero-order chi connectivity index (χ0) is 19.0. The van der Waals surface area contributed by atoms with Crippen molar-refractivity contribution < 1.29 is 14.1 Å². The maximum Gasteiger partial charge on any atom is 0.316 e. The highest BCUT2D eigenvalue weighted by molar-refractivity contribution is 5.93. The van der Waals surface area contributed by atoms with Gasteiger partial charge in [0, 0.05) is 24.5 Å². The zero-order valence-electron chi connectivity index (χ0n) is 15.1. The number of hydrogen-bond acceptors (Lipinski definition) is 7. The van der Waals surface area contributed by atoms with Gasteiger partial charge in [0.1, 0.15) is 0 Å². The summed E-state index contributed by atoms with van der Waals surface area (Å²) in [6.07, 6.45) is 3.58. The first-order valence-corrected chi connectivity index (χ1v) is 8.75. The number of aryl methyl sites for hydroxylation is 2. The maximum atomic E-state index is 12.2. The van der Waals surface area contributed by atoms with Gasteiger partial charge < -0.3 is 14.7 Å². The van der Waals surface area contributed by atoms with E-state index in [1.807, 2.05) is 19.9 Å². The third-order valence-corrected chi connectivity index (χ3v) is 4.50. The van der Waals surface area contributed by atoms with Crippen LogP contribution >= 0.6 is 0 Å². The van der Waals surface area contributed by atoms with Gasteiger partial charge in [0.25, 0.3) is 0 Å². The number of nitrogens with one attached hydrogen (secondary N) is 1. The van der Waals surface area contributed by atoms with Gasteiger partial charge in [-0.15, -0.1) is 0 Å². The van der Waals surface area contributed by atoms with Gasteiger partial charge >= 0.3 is 11.8 Å². The molecule has 4 heterocycles. The predicted octanol–water partition coefficient (Wildman–Crippen LogP) is 0.748. The molecule has 0 aromatic carbocycles. The minimum absolute atomic E-state index is 0.0901. The van der Waals surface area contributed by atoms with Crippen LogP contribution in [0.25, 0.3) is 17.0 Å². The first-order chi connectivity index (χ1) is 13.0. The second-order valence-corrected chi connectivity index (χ2v) is 6.53. The minimum Gasteiger partial charge on any atom is -0.341 e. The molecule has 0 spiro atoms. The number of aromatic nitrogens is 5. The van der Waals surface area contributed by atoms with E-state index >= 15 is 0 Å². The molecule has 1 N–H and O–H groups in total. The van der Waals surface area contributed by atoms with Gasteiger partial charge in [-0.2, -0.15) is 10.1 Å². The smallest absolute Gasteiger partial charge is 0.316 e. The molecular weight excluding hydrogens is 350 g/mol. The summed E-state index contributed by atoms with van der Waals surface area (Å²) in [5.41, 5.74) is 2.91. The summed E-state index contributed by atoms with van der Waals surface area (Å²) in [5.74, 6) is -0.682. The van der Waals surface area contributed by atoms with Crippen molar-refractivity contribution in [3.63, 3.8) is 0 Å². The van der Waals surface area contributed by atoms with E-state index in [-0.39, 0.29) is 24.2 Å². The van der Waals surface area contributed by atoms with Gasteiger partial charge in [0.15, 0.2) is 5.65 Å². The Kier molecular flexibility index (Phi) is 4.30. The fourth-order valence-corrected chi connectivity index (χ4v) is 3.16. The fourth-order valence-electron chi connectivity index (χ4n) is 3.16. The molecule has 0 saturated carbocycles. The van der Waals surface area contributed by atoms with Crippen molar-refractivity contribution in [1.82, 2.24) is 35.0 Å². The van der Waals surface area contributed by atoms with Crippen LogP contribution in [0.2, 0.25) is 0 Å². The first-order valence-electron chi connectivity index (χ1n) is 8.75. The molecule has 1 aliphatic rings. The Labute approximate surface area is 154 Å². The highest BCUT2D eigenvalue weighted by atomic mass is 16.5. The molecule has 3 aromatic heterocycles. The van der Waals surface area contributed by atoms with Crippen LogP contribution in [0.5, 0.6) is 0 Å². The van der Waals surface area contributed by atoms with Crippen LogP contribution < -0.4 is 5.32 Å². The van der Waals surface area contributed by atoms with Crippen LogP contribution in [-0.4, -0.2) is 61.1 Å². The number of amides is 2. The van der Waals surface area contributed by atoms with E-state index < -0.39 is 5.91 Å². The van der Waals surface area contributed by atoms with Gasteiger partial charge in [-0.3, -0.25) is 9.59 Å². The molecule has 27 heavy (non-hydrogen) atoms. The highest BCUT2D eigenvalue weighted by Gasteiger charge is 2.22. The molecule has 0 atom stereocenters. The van der Waals surface area contributed by atoms with E-state index in [0.717, 1.165) is 37.3 Å². The summed E-state index contributed by atoms with van der Waals surface area (Å²) in [4.78, 5) is 34.5. The molecule has 1 saturated heterocycles. The Hall–Kier alpha value is -3.30. The molecular formula is C17H19N7O3. The lowest BCUT2D eigenvalue weighted by Gasteiger charge is -2.14. The quantitative estimate of drug-likeness (QED) is 0.721. The summed E-state index contributed by atoms with van der Waals surface area (Å²) in [5, 5.41) is 10.7. The second-order valence-electron chi connectivity index (χ2n) is 6.53. The number of carbonyl (C=O) groups excluding carboxylic acids is 2. The SMILES string of the molecule is Cc1cc(C)n2ncc(-c3noc(C(=O)NCC(=O)N4CCCC4)n3)c2n1. The van der Waals surface area contributed by atoms with Crippen LogP contribution in [0.15, 0.2) is 16.8 Å². The normalized spacial score (nSPS) is 14.1. The van der Waals surface area contributed by atoms with E-state index in [0.29, 0.717) is 11.2 Å². The molecule has 0 unspecified atom stereocenters. The van der Waals surface area contributed by atoms with Crippen LogP contribution in [0, 0.1) is 13.8 Å². The summed E-state index contributed by atoms with van der Waals surface area (Å²) in [7, 11) is 0. The largest absolute Gasteiger partial charge is 0.341 e. The molecule has 1 fully saturated rings. The van der Waals surface area contributed by atoms with Crippen molar-refractivity contribution in [3.05, 3.63) is 29.5 Å². The van der Waals surface area contributed by atoms with Crippen LogP contribution in [0.1, 0.15) is 34.9 Å². The fraction of sp³-hybridized carbons (Fsp3) is 0.412. The van der Waals surface area contributed by atoms with Crippen molar-refractivity contribution >= 4 is 17.5 Å². The molecule has 0 bridgehead atoms. The summed E-state index contributed by atoms with van der Waals surface area (Å²) in [6, 6.07) is 1.91. The Bertz CT molecular complexity index is 1020. The molecule has 10 nitrogen and oxygen atoms in total. The zero-order valence-corrected chi connectivity index (χ0v) is 15.1. The molecule has 140 valence electrons. The number of carbonyl (C=O) groups is 2. The van der Waals surface area contributed by atoms with Crippen molar-refractivity contribution in [2.24, 2.45) is 0 Å². The number of nitrogens with zero attached hydrogens (tertiary/aromatic N) is 6. The Morgan fingerprint density at radius 3 is 2.78 bits per heavy atom. The minimum atomic E-state index is -0.585. The molecule has 3 aromatic rings. The van der Waals surface area contributed by atoms with E-state index in [1.54, 1.807) is 15.6 Å². The molecule has 1 aliphatic heterocycles. The molecule has 2 amide bonds. The highest BCUT2D eigenvalue weighted by Crippen LogP contribution is 2.21. The number of fused-ring (bicyclic) bond motifs is 1. The monoisotopic (exact) mass is 369 g/mol. The standard InChI is InChI=1S/C17H19N7O3/c1-10-7-11(2)24-15(20-10)12(8-19-24)14-21-17(27-22-14)16(26)18-9-13(25)23-5-3-4-6-23/h7-8H,3-6,9H2,1-2H3,(H,18,26). The average molecular weight is 369 g/mol. The van der Waals surface area contributed by atoms with Gasteiger partial charge in [-0.25, -0.2) is 9.50 Å². The van der Waals surface area contributed by atoms with Crippen LogP contribution in [-0.2, 0) is 4.79 Å². The second kappa shape index (κ2) is 6.78. The van der Waals surface area contributed by atoms with E-state index in [4.69, 9.17) is 4.52 Å². The van der Waals surface area contributed by atoms with E-state index in [1.165, 1.54) is 0 Å². The van der Waals surface area contributed by atoms with E-state index in [9.17, 15) is 9.59 Å². The van der Waals surface area contributed by atoms with Crippen LogP contribution in [0.3, 0.4) is 0 Å². The summed E-state index contributed by atoms with van der Waals surface area (Å²) < 4.78 is 6.73. The van der Waals surface area contributed by atoms with Crippen molar-refractivity contribution in [1.29, 1.82) is 0 Å². The lowest BCUT2D eigenvalue weighted by atomic mass is 10.3. The molecule has 10 heteroatoms. The topological polar surface area (TPSA) is 119 Å². The maximum absolute atomic E-state index is 12.2. The lowest BCUT2D eigenvalue weighted by molar-refractivity contribution is -0.129. The predicted molar refractivity (Wildman–Crippen MR) is 93.9 cm³/mol. The number of hydrogen-bond donors (Lipinski definition) is 1. The molecule has 4 rings (SSSR count). The number of rotatable bonds is 4. The van der Waals surface area contributed by atoms with Crippen LogP contribution in [0.4, 0.5) is 0 Å². The summed E-state index contributed by atoms with van der Waals surface area (Å²) >= 11 is 0. The third kappa shape index (κ3) is 3.25. The van der Waals surface area contributed by atoms with Gasteiger partial charge in [-0.05, 0) is 32.8 Å². The van der Waals surface area contributed by atoms with E-state index in [2.05, 4.69) is 25.5 Å². The van der Waals surface area contributed by atoms with Gasteiger partial charge in [0.05, 0.1) is 18.3 Å². The molecule has 0 aliphatic carbocycles. The van der Waals surface area contributed by atoms with Gasteiger partial charge in [0.2, 0.25) is 11.7 Å². The third-order valence-electron chi connectivity index (χ3n) is 4.50. The first kappa shape index (κ1) is 17.1. The Balaban J connectivity index is 1.50. The van der Waals surface area contributed by atoms with Gasteiger partial charge in [-0.1, -0.05) is 5.16 Å². The molecule has 0 radical (unpaired) electrons. The Morgan fingerprint density at radius 1 is 1.22 bits per heavy atom.